The van der Waals surface area contributed by atoms with Crippen molar-refractivity contribution in [3.05, 3.63) is 57.2 Å². The normalized spacial score (nSPS) is 11.1. The van der Waals surface area contributed by atoms with E-state index in [9.17, 15) is 9.59 Å². The Morgan fingerprint density at radius 2 is 1.77 bits per heavy atom. The number of carbonyl (C=O) groups excluding carboxylic acids is 2. The van der Waals surface area contributed by atoms with Crippen molar-refractivity contribution in [3.8, 4) is 0 Å². The molecule has 2 rings (SSSR count). The third kappa shape index (κ3) is 3.87. The molecule has 1 N–H and O–H groups in total. The van der Waals surface area contributed by atoms with Crippen LogP contribution in [0.15, 0.2) is 41.8 Å². The fourth-order valence-corrected chi connectivity index (χ4v) is 2.58. The fraction of sp³-hybridized carbons (Fsp3) is 0.250. The number of amides is 2. The van der Waals surface area contributed by atoms with Crippen molar-refractivity contribution in [2.45, 2.75) is 26.3 Å². The summed E-state index contributed by atoms with van der Waals surface area (Å²) in [6.07, 6.45) is 0. The van der Waals surface area contributed by atoms with Gasteiger partial charge in [-0.25, -0.2) is 5.01 Å². The Morgan fingerprint density at radius 3 is 2.27 bits per heavy atom. The molecule has 0 saturated heterocycles. The zero-order valence-corrected chi connectivity index (χ0v) is 14.2. The first-order valence-corrected chi connectivity index (χ1v) is 7.99. The van der Waals surface area contributed by atoms with Crippen molar-refractivity contribution in [3.63, 3.8) is 0 Å². The highest BCUT2D eigenvalue weighted by Crippen LogP contribution is 2.19. The number of carbonyl (C=O) groups is 2. The molecule has 4 nitrogen and oxygen atoms in total. The lowest BCUT2D eigenvalue weighted by Crippen LogP contribution is -2.55. The topological polar surface area (TPSA) is 49.4 Å². The molecule has 0 unspecified atom stereocenters. The van der Waals surface area contributed by atoms with Gasteiger partial charge in [0.2, 0.25) is 0 Å². The molecule has 1 aromatic heterocycles. The van der Waals surface area contributed by atoms with E-state index in [0.717, 1.165) is 0 Å². The maximum absolute atomic E-state index is 12.6. The van der Waals surface area contributed by atoms with Crippen LogP contribution in [-0.4, -0.2) is 22.4 Å². The Hall–Kier alpha value is -1.85. The molecule has 22 heavy (non-hydrogen) atoms. The molecule has 0 fully saturated rings. The van der Waals surface area contributed by atoms with Gasteiger partial charge in [-0.2, -0.15) is 0 Å². The molecule has 6 heteroatoms. The number of hydrogen-bond donors (Lipinski definition) is 1. The molecule has 0 aliphatic carbocycles. The van der Waals surface area contributed by atoms with Gasteiger partial charge in [-0.05, 0) is 56.5 Å². The second kappa shape index (κ2) is 6.50. The standard InChI is InChI=1S/C16H17ClN2O2S/c1-16(2,3)19(15(21)13-5-4-10-22-13)18-14(20)11-6-8-12(17)9-7-11/h4-10H,1-3H3,(H,18,20). The summed E-state index contributed by atoms with van der Waals surface area (Å²) in [5.74, 6) is -0.582. The van der Waals surface area contributed by atoms with Gasteiger partial charge in [-0.3, -0.25) is 15.0 Å². The molecule has 0 spiro atoms. The number of hydrogen-bond acceptors (Lipinski definition) is 3. The number of hydrazine groups is 1. The zero-order valence-electron chi connectivity index (χ0n) is 12.6. The van der Waals surface area contributed by atoms with Crippen molar-refractivity contribution < 1.29 is 9.59 Å². The SMILES string of the molecule is CC(C)(C)N(NC(=O)c1ccc(Cl)cc1)C(=O)c1cccs1. The average molecular weight is 337 g/mol. The summed E-state index contributed by atoms with van der Waals surface area (Å²) in [4.78, 5) is 25.5. The Balaban J connectivity index is 2.22. The van der Waals surface area contributed by atoms with Gasteiger partial charge in [-0.15, -0.1) is 11.3 Å². The van der Waals surface area contributed by atoms with Gasteiger partial charge in [0.1, 0.15) is 0 Å². The molecule has 0 radical (unpaired) electrons. The summed E-state index contributed by atoms with van der Waals surface area (Å²) in [6.45, 7) is 5.59. The van der Waals surface area contributed by atoms with Crippen LogP contribution in [0.2, 0.25) is 5.02 Å². The van der Waals surface area contributed by atoms with Gasteiger partial charge in [0.25, 0.3) is 11.8 Å². The Kier molecular flexibility index (Phi) is 4.88. The van der Waals surface area contributed by atoms with Gasteiger partial charge in [0, 0.05) is 10.6 Å². The molecule has 2 aromatic rings. The first-order chi connectivity index (χ1) is 10.3. The highest BCUT2D eigenvalue weighted by Gasteiger charge is 2.30. The Morgan fingerprint density at radius 1 is 1.14 bits per heavy atom. The summed E-state index contributed by atoms with van der Waals surface area (Å²) in [5, 5.41) is 3.74. The van der Waals surface area contributed by atoms with E-state index in [4.69, 9.17) is 11.6 Å². The van der Waals surface area contributed by atoms with Crippen LogP contribution in [0.4, 0.5) is 0 Å². The number of nitrogens with one attached hydrogen (secondary N) is 1. The van der Waals surface area contributed by atoms with E-state index < -0.39 is 5.54 Å². The molecule has 0 bridgehead atoms. The summed E-state index contributed by atoms with van der Waals surface area (Å²) in [6, 6.07) is 10.1. The van der Waals surface area contributed by atoms with Gasteiger partial charge < -0.3 is 0 Å². The maximum Gasteiger partial charge on any atom is 0.282 e. The van der Waals surface area contributed by atoms with Gasteiger partial charge >= 0.3 is 0 Å². The van der Waals surface area contributed by atoms with E-state index >= 15 is 0 Å². The van der Waals surface area contributed by atoms with Crippen molar-refractivity contribution in [1.29, 1.82) is 0 Å². The number of nitrogens with zero attached hydrogens (tertiary/aromatic N) is 1. The van der Waals surface area contributed by atoms with E-state index in [1.54, 1.807) is 36.4 Å². The van der Waals surface area contributed by atoms with Crippen LogP contribution in [0, 0.1) is 0 Å². The lowest BCUT2D eigenvalue weighted by atomic mass is 10.1. The summed E-state index contributed by atoms with van der Waals surface area (Å²) in [7, 11) is 0. The smallest absolute Gasteiger partial charge is 0.267 e. The molecular weight excluding hydrogens is 320 g/mol. The molecule has 0 aliphatic rings. The van der Waals surface area contributed by atoms with Crippen LogP contribution in [-0.2, 0) is 0 Å². The first-order valence-electron chi connectivity index (χ1n) is 6.73. The van der Waals surface area contributed by atoms with E-state index in [-0.39, 0.29) is 11.8 Å². The minimum absolute atomic E-state index is 0.232. The van der Waals surface area contributed by atoms with Crippen LogP contribution >= 0.6 is 22.9 Å². The van der Waals surface area contributed by atoms with Crippen LogP contribution in [0.5, 0.6) is 0 Å². The van der Waals surface area contributed by atoms with Gasteiger partial charge in [-0.1, -0.05) is 17.7 Å². The third-order valence-corrected chi connectivity index (χ3v) is 4.04. The van der Waals surface area contributed by atoms with Crippen LogP contribution in [0.1, 0.15) is 40.8 Å². The second-order valence-corrected chi connectivity index (χ2v) is 7.12. The molecule has 0 saturated carbocycles. The number of benzene rings is 1. The minimum atomic E-state index is -0.552. The first kappa shape index (κ1) is 16.5. The molecule has 1 heterocycles. The lowest BCUT2D eigenvalue weighted by Gasteiger charge is -2.35. The third-order valence-electron chi connectivity index (χ3n) is 2.93. The average Bonchev–Trinajstić information content (AvgIpc) is 2.97. The lowest BCUT2D eigenvalue weighted by molar-refractivity contribution is 0.0363. The van der Waals surface area contributed by atoms with Crippen LogP contribution in [0.3, 0.4) is 0 Å². The van der Waals surface area contributed by atoms with E-state index in [0.29, 0.717) is 15.5 Å². The van der Waals surface area contributed by atoms with Crippen molar-refractivity contribution >= 4 is 34.8 Å². The van der Waals surface area contributed by atoms with Crippen molar-refractivity contribution in [1.82, 2.24) is 10.4 Å². The molecule has 0 atom stereocenters. The largest absolute Gasteiger partial charge is 0.282 e. The summed E-state index contributed by atoms with van der Waals surface area (Å²) in [5.41, 5.74) is 2.58. The molecule has 1 aromatic carbocycles. The molecule has 116 valence electrons. The predicted molar refractivity (Wildman–Crippen MR) is 89.2 cm³/mol. The molecular formula is C16H17ClN2O2S. The highest BCUT2D eigenvalue weighted by molar-refractivity contribution is 7.12. The quantitative estimate of drug-likeness (QED) is 0.843. The Labute approximate surface area is 138 Å². The summed E-state index contributed by atoms with van der Waals surface area (Å²) < 4.78 is 0. The van der Waals surface area contributed by atoms with Crippen LogP contribution in [0.25, 0.3) is 0 Å². The van der Waals surface area contributed by atoms with Crippen molar-refractivity contribution in [2.75, 3.05) is 0 Å². The van der Waals surface area contributed by atoms with E-state index in [2.05, 4.69) is 5.43 Å². The van der Waals surface area contributed by atoms with Crippen LogP contribution < -0.4 is 5.43 Å². The second-order valence-electron chi connectivity index (χ2n) is 5.74. The minimum Gasteiger partial charge on any atom is -0.267 e. The highest BCUT2D eigenvalue weighted by atomic mass is 35.5. The monoisotopic (exact) mass is 336 g/mol. The summed E-state index contributed by atoms with van der Waals surface area (Å²) >= 11 is 7.16. The van der Waals surface area contributed by atoms with E-state index in [1.165, 1.54) is 16.3 Å². The number of halogens is 1. The molecule has 2 amide bonds. The predicted octanol–water partition coefficient (Wildman–Crippen LogP) is 3.99. The zero-order chi connectivity index (χ0) is 16.3. The molecule has 0 aliphatic heterocycles. The number of rotatable bonds is 2. The Bertz CT molecular complexity index is 660. The number of thiophene rings is 1. The fourth-order valence-electron chi connectivity index (χ4n) is 1.80. The van der Waals surface area contributed by atoms with E-state index in [1.807, 2.05) is 26.2 Å². The van der Waals surface area contributed by atoms with Crippen molar-refractivity contribution in [2.24, 2.45) is 0 Å². The van der Waals surface area contributed by atoms with Gasteiger partial charge in [0.05, 0.1) is 10.4 Å². The maximum atomic E-state index is 12.6. The van der Waals surface area contributed by atoms with Gasteiger partial charge in [0.15, 0.2) is 0 Å².